The molecule has 0 aliphatic heterocycles. The van der Waals surface area contributed by atoms with E-state index in [9.17, 15) is 20.2 Å². The van der Waals surface area contributed by atoms with Crippen LogP contribution in [0.25, 0.3) is 22.1 Å². The van der Waals surface area contributed by atoms with Crippen molar-refractivity contribution in [3.8, 4) is 0 Å². The average Bonchev–Trinajstić information content (AvgIpc) is 3.61. The van der Waals surface area contributed by atoms with E-state index in [1.165, 1.54) is 24.3 Å². The molecule has 0 spiro atoms. The molecule has 0 radical (unpaired) electrons. The van der Waals surface area contributed by atoms with Crippen molar-refractivity contribution in [1.82, 2.24) is 20.6 Å². The summed E-state index contributed by atoms with van der Waals surface area (Å²) < 4.78 is 9.45. The van der Waals surface area contributed by atoms with Crippen LogP contribution in [-0.4, -0.2) is 30.5 Å². The summed E-state index contributed by atoms with van der Waals surface area (Å²) in [5.41, 5.74) is 3.41. The Bertz CT molecular complexity index is 1850. The molecule has 204 valence electrons. The molecular formula is C25H14Cl2N8O6. The number of hydrogen-bond donors (Lipinski definition) is 2. The largest absolute Gasteiger partial charge is 0.347 e. The van der Waals surface area contributed by atoms with Gasteiger partial charge < -0.3 is 10.6 Å². The molecule has 2 heterocycles. The van der Waals surface area contributed by atoms with Gasteiger partial charge in [-0.1, -0.05) is 35.3 Å². The first kappa shape index (κ1) is 25.9. The van der Waals surface area contributed by atoms with Gasteiger partial charge in [-0.05, 0) is 74.6 Å². The van der Waals surface area contributed by atoms with Crippen molar-refractivity contribution in [2.24, 2.45) is 0 Å². The van der Waals surface area contributed by atoms with E-state index in [4.69, 9.17) is 32.5 Å². The summed E-state index contributed by atoms with van der Waals surface area (Å²) in [5, 5.41) is 44.7. The van der Waals surface area contributed by atoms with Gasteiger partial charge >= 0.3 is 0 Å². The van der Waals surface area contributed by atoms with E-state index in [1.807, 2.05) is 12.1 Å². The summed E-state index contributed by atoms with van der Waals surface area (Å²) in [4.78, 5) is 22.0. The first-order valence-corrected chi connectivity index (χ1v) is 12.4. The van der Waals surface area contributed by atoms with Gasteiger partial charge in [0.05, 0.1) is 31.3 Å². The number of aromatic nitrogens is 4. The van der Waals surface area contributed by atoms with Crippen molar-refractivity contribution in [2.75, 3.05) is 10.6 Å². The third-order valence-electron chi connectivity index (χ3n) is 6.20. The van der Waals surface area contributed by atoms with Gasteiger partial charge in [-0.2, -0.15) is 0 Å². The second kappa shape index (κ2) is 10.3. The van der Waals surface area contributed by atoms with Crippen molar-refractivity contribution < 1.29 is 19.1 Å². The highest BCUT2D eigenvalue weighted by atomic mass is 35.5. The molecule has 0 aliphatic carbocycles. The molecular weight excluding hydrogens is 579 g/mol. The van der Waals surface area contributed by atoms with Crippen molar-refractivity contribution >= 4 is 79.4 Å². The molecule has 0 amide bonds. The van der Waals surface area contributed by atoms with Crippen molar-refractivity contribution in [3.05, 3.63) is 102 Å². The summed E-state index contributed by atoms with van der Waals surface area (Å²) in [6.07, 6.45) is 0.450. The van der Waals surface area contributed by atoms with Crippen LogP contribution >= 0.6 is 23.2 Å². The number of rotatable bonds is 8. The molecule has 0 saturated heterocycles. The Morgan fingerprint density at radius 3 is 1.49 bits per heavy atom. The number of halogens is 2. The van der Waals surface area contributed by atoms with E-state index in [0.29, 0.717) is 38.9 Å². The topological polar surface area (TPSA) is 188 Å². The van der Waals surface area contributed by atoms with Gasteiger partial charge in [0.15, 0.2) is 11.0 Å². The van der Waals surface area contributed by atoms with Crippen LogP contribution in [0.5, 0.6) is 0 Å². The highest BCUT2D eigenvalue weighted by Crippen LogP contribution is 2.38. The Morgan fingerprint density at radius 1 is 0.659 bits per heavy atom. The molecule has 0 unspecified atom stereocenters. The van der Waals surface area contributed by atoms with Gasteiger partial charge in [0, 0.05) is 12.1 Å². The van der Waals surface area contributed by atoms with Crippen LogP contribution in [0, 0.1) is 20.2 Å². The first-order chi connectivity index (χ1) is 19.8. The lowest BCUT2D eigenvalue weighted by Crippen LogP contribution is -2.00. The molecule has 6 aromatic rings. The lowest BCUT2D eigenvalue weighted by Gasteiger charge is -2.12. The third-order valence-corrected chi connectivity index (χ3v) is 6.83. The lowest BCUT2D eigenvalue weighted by molar-refractivity contribution is -0.384. The smallest absolute Gasteiger partial charge is 0.295 e. The molecule has 0 bridgehead atoms. The Morgan fingerprint density at radius 2 is 1.10 bits per heavy atom. The van der Waals surface area contributed by atoms with Crippen molar-refractivity contribution in [1.29, 1.82) is 0 Å². The second-order valence-corrected chi connectivity index (χ2v) is 9.57. The summed E-state index contributed by atoms with van der Waals surface area (Å²) in [5.74, 6) is 0. The van der Waals surface area contributed by atoms with Crippen LogP contribution < -0.4 is 10.6 Å². The molecule has 14 nitrogen and oxygen atoms in total. The van der Waals surface area contributed by atoms with E-state index in [2.05, 4.69) is 31.3 Å². The molecule has 6 rings (SSSR count). The fraction of sp³-hybridized carbons (Fsp3) is 0.0400. The van der Waals surface area contributed by atoms with Crippen LogP contribution in [0.3, 0.4) is 0 Å². The Labute approximate surface area is 238 Å². The minimum atomic E-state index is -0.539. The Kier molecular flexibility index (Phi) is 6.53. The molecule has 0 fully saturated rings. The zero-order chi connectivity index (χ0) is 28.7. The zero-order valence-electron chi connectivity index (χ0n) is 20.4. The predicted molar refractivity (Wildman–Crippen MR) is 149 cm³/mol. The molecule has 0 atom stereocenters. The second-order valence-electron chi connectivity index (χ2n) is 8.75. The standard InChI is InChI=1S/C25H14Cl2N8O6/c26-14-10-12(1-3-16(14)28-24-20(34(36)37)7-5-18-22(24)32-40-30-18)9-13-2-4-17(15(27)11-13)29-25-21(35(38)39)8-6-19-23(25)33-41-31-19/h1-8,10-11,28-29H,9H2. The normalized spacial score (nSPS) is 11.2. The van der Waals surface area contributed by atoms with E-state index >= 15 is 0 Å². The summed E-state index contributed by atoms with van der Waals surface area (Å²) >= 11 is 13.1. The highest BCUT2D eigenvalue weighted by molar-refractivity contribution is 6.34. The van der Waals surface area contributed by atoms with E-state index in [-0.39, 0.29) is 33.8 Å². The molecule has 0 saturated carbocycles. The summed E-state index contributed by atoms with van der Waals surface area (Å²) in [6.45, 7) is 0. The quantitative estimate of drug-likeness (QED) is 0.137. The lowest BCUT2D eigenvalue weighted by atomic mass is 10.0. The average molecular weight is 593 g/mol. The molecule has 41 heavy (non-hydrogen) atoms. The number of hydrogen-bond acceptors (Lipinski definition) is 12. The maximum Gasteiger partial charge on any atom is 0.295 e. The molecule has 4 aromatic carbocycles. The van der Waals surface area contributed by atoms with Crippen LogP contribution in [0.4, 0.5) is 34.1 Å². The van der Waals surface area contributed by atoms with E-state index in [0.717, 1.165) is 11.1 Å². The van der Waals surface area contributed by atoms with E-state index < -0.39 is 9.85 Å². The molecule has 0 aliphatic rings. The zero-order valence-corrected chi connectivity index (χ0v) is 21.9. The molecule has 16 heteroatoms. The maximum absolute atomic E-state index is 11.6. The van der Waals surface area contributed by atoms with Gasteiger partial charge in [-0.25, -0.2) is 9.26 Å². The van der Waals surface area contributed by atoms with Crippen LogP contribution in [0.15, 0.2) is 69.9 Å². The van der Waals surface area contributed by atoms with Crippen LogP contribution in [0.1, 0.15) is 11.1 Å². The fourth-order valence-corrected chi connectivity index (χ4v) is 4.78. The number of benzene rings is 4. The number of nitro benzene ring substituents is 2. The predicted octanol–water partition coefficient (Wildman–Crippen LogP) is 6.96. The third kappa shape index (κ3) is 4.92. The Hall–Kier alpha value is -5.34. The van der Waals surface area contributed by atoms with Gasteiger partial charge in [-0.15, -0.1) is 0 Å². The van der Waals surface area contributed by atoms with Gasteiger partial charge in [-0.3, -0.25) is 20.2 Å². The number of anilines is 4. The fourth-order valence-electron chi connectivity index (χ4n) is 4.28. The Balaban J connectivity index is 1.23. The van der Waals surface area contributed by atoms with Gasteiger partial charge in [0.1, 0.15) is 22.4 Å². The number of nitro groups is 2. The monoisotopic (exact) mass is 592 g/mol. The SMILES string of the molecule is O=[N+]([O-])c1ccc2nonc2c1Nc1ccc(Cc2ccc(Nc3c([N+](=O)[O-])ccc4nonc34)c(Cl)c2)cc1Cl. The molecule has 2 N–H and O–H groups in total. The van der Waals surface area contributed by atoms with Crippen LogP contribution in [-0.2, 0) is 6.42 Å². The number of nitrogens with zero attached hydrogens (tertiary/aromatic N) is 6. The minimum absolute atomic E-state index is 0.107. The summed E-state index contributed by atoms with van der Waals surface area (Å²) in [6, 6.07) is 15.9. The minimum Gasteiger partial charge on any atom is -0.347 e. The van der Waals surface area contributed by atoms with Gasteiger partial charge in [0.2, 0.25) is 0 Å². The number of nitrogens with one attached hydrogen (secondary N) is 2. The first-order valence-electron chi connectivity index (χ1n) is 11.7. The highest BCUT2D eigenvalue weighted by Gasteiger charge is 2.23. The maximum atomic E-state index is 11.6. The van der Waals surface area contributed by atoms with Crippen LogP contribution in [0.2, 0.25) is 10.0 Å². The van der Waals surface area contributed by atoms with Crippen molar-refractivity contribution in [3.63, 3.8) is 0 Å². The number of fused-ring (bicyclic) bond motifs is 2. The van der Waals surface area contributed by atoms with E-state index in [1.54, 1.807) is 24.3 Å². The van der Waals surface area contributed by atoms with Gasteiger partial charge in [0.25, 0.3) is 11.4 Å². The molecule has 2 aromatic heterocycles. The summed E-state index contributed by atoms with van der Waals surface area (Å²) in [7, 11) is 0. The van der Waals surface area contributed by atoms with Crippen molar-refractivity contribution in [2.45, 2.75) is 6.42 Å².